The zero-order chi connectivity index (χ0) is 11.7. The molecule has 1 saturated carbocycles. The van der Waals surface area contributed by atoms with Crippen molar-refractivity contribution in [3.8, 4) is 0 Å². The molecule has 1 spiro atoms. The van der Waals surface area contributed by atoms with Crippen molar-refractivity contribution in [3.63, 3.8) is 0 Å². The van der Waals surface area contributed by atoms with Gasteiger partial charge >= 0.3 is 0 Å². The topological polar surface area (TPSA) is 18.5 Å². The monoisotopic (exact) mass is 231 g/mol. The van der Waals surface area contributed by atoms with Crippen molar-refractivity contribution in [1.82, 2.24) is 0 Å². The molecule has 2 nitrogen and oxygen atoms in total. The molecule has 2 atom stereocenters. The molecule has 1 heterocycles. The Hall–Kier alpha value is -0.860. The van der Waals surface area contributed by atoms with E-state index in [1.54, 1.807) is 0 Å². The van der Waals surface area contributed by atoms with Crippen LogP contribution >= 0.6 is 0 Å². The highest BCUT2D eigenvalue weighted by Crippen LogP contribution is 2.45. The summed E-state index contributed by atoms with van der Waals surface area (Å²) in [5, 5.41) is 0. The third-order valence-electron chi connectivity index (χ3n) is 3.79. The van der Waals surface area contributed by atoms with Crippen molar-refractivity contribution >= 4 is 0 Å². The molecular weight excluding hydrogens is 212 g/mol. The van der Waals surface area contributed by atoms with E-state index in [4.69, 9.17) is 9.47 Å². The molecule has 0 N–H and O–H groups in total. The maximum absolute atomic E-state index is 6.20. The van der Waals surface area contributed by atoms with E-state index in [1.807, 2.05) is 18.2 Å². The van der Waals surface area contributed by atoms with Crippen molar-refractivity contribution in [3.05, 3.63) is 42.8 Å². The molecule has 1 aliphatic heterocycles. The summed E-state index contributed by atoms with van der Waals surface area (Å²) in [5.41, 5.74) is 1.18. The summed E-state index contributed by atoms with van der Waals surface area (Å²) in [6, 6.07) is 10.3. The number of hydrogen-bond donors (Lipinski definition) is 0. The molecule has 1 saturated heterocycles. The molecule has 1 aromatic rings. The quantitative estimate of drug-likeness (QED) is 0.734. The van der Waals surface area contributed by atoms with Crippen LogP contribution in [0.15, 0.2) is 30.3 Å². The van der Waals surface area contributed by atoms with E-state index in [2.05, 4.69) is 19.1 Å². The fourth-order valence-corrected chi connectivity index (χ4v) is 2.92. The Balaban J connectivity index is 1.80. The van der Waals surface area contributed by atoms with E-state index in [-0.39, 0.29) is 18.0 Å². The summed E-state index contributed by atoms with van der Waals surface area (Å²) in [4.78, 5) is 0. The van der Waals surface area contributed by atoms with Gasteiger partial charge in [0.2, 0.25) is 0 Å². The minimum atomic E-state index is -0.342. The molecule has 2 unspecified atom stereocenters. The van der Waals surface area contributed by atoms with Crippen molar-refractivity contribution in [1.29, 1.82) is 0 Å². The van der Waals surface area contributed by atoms with E-state index >= 15 is 0 Å². The van der Waals surface area contributed by atoms with Gasteiger partial charge < -0.3 is 9.47 Å². The second-order valence-electron chi connectivity index (χ2n) is 5.08. The molecule has 2 heteroatoms. The highest BCUT2D eigenvalue weighted by atomic mass is 16.8. The largest absolute Gasteiger partial charge is 0.344 e. The Morgan fingerprint density at radius 1 is 1.00 bits per heavy atom. The third kappa shape index (κ3) is 2.12. The number of rotatable bonds is 1. The average molecular weight is 231 g/mol. The first-order valence-electron chi connectivity index (χ1n) is 6.53. The molecule has 0 aromatic heterocycles. The maximum atomic E-state index is 6.20. The second kappa shape index (κ2) is 4.43. The molecule has 3 rings (SSSR count). The van der Waals surface area contributed by atoms with Crippen molar-refractivity contribution in [2.45, 2.75) is 50.1 Å². The van der Waals surface area contributed by atoms with Gasteiger partial charge in [-0.05, 0) is 25.3 Å². The minimum Gasteiger partial charge on any atom is -0.344 e. The van der Waals surface area contributed by atoms with Gasteiger partial charge in [0, 0.05) is 12.8 Å². The van der Waals surface area contributed by atoms with E-state index in [9.17, 15) is 0 Å². The molecule has 1 aliphatic carbocycles. The molecular formula is C15H19O2. The van der Waals surface area contributed by atoms with E-state index in [0.29, 0.717) is 0 Å². The first-order valence-corrected chi connectivity index (χ1v) is 6.53. The van der Waals surface area contributed by atoms with Gasteiger partial charge in [-0.2, -0.15) is 0 Å². The van der Waals surface area contributed by atoms with Crippen LogP contribution in [0.3, 0.4) is 0 Å². The van der Waals surface area contributed by atoms with E-state index in [1.165, 1.54) is 24.8 Å². The lowest BCUT2D eigenvalue weighted by Gasteiger charge is -2.31. The zero-order valence-electron chi connectivity index (χ0n) is 10.1. The number of benzene rings is 1. The molecule has 0 amide bonds. The van der Waals surface area contributed by atoms with Crippen LogP contribution < -0.4 is 0 Å². The number of ether oxygens (including phenoxy) is 2. The Morgan fingerprint density at radius 3 is 2.41 bits per heavy atom. The third-order valence-corrected chi connectivity index (χ3v) is 3.79. The average Bonchev–Trinajstić information content (AvgIpc) is 2.68. The van der Waals surface area contributed by atoms with Gasteiger partial charge in [-0.25, -0.2) is 0 Å². The normalized spacial score (nSPS) is 31.8. The summed E-state index contributed by atoms with van der Waals surface area (Å²) in [6.45, 7) is 4.10. The van der Waals surface area contributed by atoms with Gasteiger partial charge in [0.15, 0.2) is 5.79 Å². The molecule has 17 heavy (non-hydrogen) atoms. The lowest BCUT2D eigenvalue weighted by atomic mass is 9.94. The zero-order valence-corrected chi connectivity index (χ0v) is 10.1. The Labute approximate surface area is 103 Å². The molecule has 2 fully saturated rings. The Morgan fingerprint density at radius 2 is 1.71 bits per heavy atom. The fraction of sp³-hybridized carbons (Fsp3) is 0.533. The van der Waals surface area contributed by atoms with Crippen LogP contribution in [0, 0.1) is 6.92 Å². The molecule has 1 aromatic carbocycles. The summed E-state index contributed by atoms with van der Waals surface area (Å²) >= 11 is 0. The highest BCUT2D eigenvalue weighted by molar-refractivity contribution is 5.20. The van der Waals surface area contributed by atoms with Crippen LogP contribution in [0.2, 0.25) is 0 Å². The van der Waals surface area contributed by atoms with Gasteiger partial charge in [-0.15, -0.1) is 0 Å². The number of hydrogen-bond acceptors (Lipinski definition) is 2. The molecule has 0 bridgehead atoms. The predicted molar refractivity (Wildman–Crippen MR) is 66.3 cm³/mol. The van der Waals surface area contributed by atoms with Crippen molar-refractivity contribution < 1.29 is 9.47 Å². The highest BCUT2D eigenvalue weighted by Gasteiger charge is 2.46. The predicted octanol–water partition coefficient (Wildman–Crippen LogP) is 3.64. The lowest BCUT2D eigenvalue weighted by molar-refractivity contribution is -0.192. The summed E-state index contributed by atoms with van der Waals surface area (Å²) < 4.78 is 12.2. The van der Waals surface area contributed by atoms with Crippen molar-refractivity contribution in [2.24, 2.45) is 0 Å². The summed E-state index contributed by atoms with van der Waals surface area (Å²) in [5.74, 6) is -0.342. The Kier molecular flexibility index (Phi) is 2.93. The first kappa shape index (κ1) is 11.2. The minimum absolute atomic E-state index is 0.00528. The Bertz CT molecular complexity index is 368. The van der Waals surface area contributed by atoms with Gasteiger partial charge in [0.05, 0.1) is 6.10 Å². The second-order valence-corrected chi connectivity index (χ2v) is 5.08. The van der Waals surface area contributed by atoms with Gasteiger partial charge in [0.1, 0.15) is 6.10 Å². The maximum Gasteiger partial charge on any atom is 0.169 e. The van der Waals surface area contributed by atoms with Crippen LogP contribution in [-0.2, 0) is 9.47 Å². The van der Waals surface area contributed by atoms with E-state index < -0.39 is 0 Å². The van der Waals surface area contributed by atoms with Crippen LogP contribution in [0.4, 0.5) is 0 Å². The van der Waals surface area contributed by atoms with Gasteiger partial charge in [0.25, 0.3) is 0 Å². The van der Waals surface area contributed by atoms with Crippen LogP contribution in [0.1, 0.15) is 43.8 Å². The fourth-order valence-electron chi connectivity index (χ4n) is 2.92. The lowest BCUT2D eigenvalue weighted by Crippen LogP contribution is -2.33. The molecule has 91 valence electrons. The van der Waals surface area contributed by atoms with Crippen LogP contribution in [0.25, 0.3) is 0 Å². The molecule has 1 radical (unpaired) electrons. The summed E-state index contributed by atoms with van der Waals surface area (Å²) in [6.07, 6.45) is 5.64. The molecule has 2 aliphatic rings. The van der Waals surface area contributed by atoms with Crippen molar-refractivity contribution in [2.75, 3.05) is 0 Å². The van der Waals surface area contributed by atoms with Crippen LogP contribution in [0.5, 0.6) is 0 Å². The standard InChI is InChI=1S/C15H19O2/c1-12-14(13-8-4-2-5-9-13)17-15(16-12)10-6-3-7-11-15/h2,4-5,8-9,12,14H,1,3,6-7,10-11H2. The van der Waals surface area contributed by atoms with Gasteiger partial charge in [-0.1, -0.05) is 36.8 Å². The smallest absolute Gasteiger partial charge is 0.169 e. The van der Waals surface area contributed by atoms with Gasteiger partial charge in [-0.3, -0.25) is 0 Å². The van der Waals surface area contributed by atoms with E-state index in [0.717, 1.165) is 12.8 Å². The first-order chi connectivity index (χ1) is 8.29. The SMILES string of the molecule is [CH2]C1OC2(CCCCC2)OC1c1ccccc1. The van der Waals surface area contributed by atoms with Crippen LogP contribution in [-0.4, -0.2) is 11.9 Å². The summed E-state index contributed by atoms with van der Waals surface area (Å²) in [7, 11) is 0.